The normalized spacial score (nSPS) is 24.1. The lowest BCUT2D eigenvalue weighted by Crippen LogP contribution is -2.49. The van der Waals surface area contributed by atoms with Crippen LogP contribution >= 0.6 is 0 Å². The second-order valence-electron chi connectivity index (χ2n) is 4.41. The van der Waals surface area contributed by atoms with Gasteiger partial charge in [0.25, 0.3) is 0 Å². The molecule has 1 atom stereocenters. The van der Waals surface area contributed by atoms with E-state index in [0.29, 0.717) is 0 Å². The van der Waals surface area contributed by atoms with Crippen molar-refractivity contribution in [1.29, 1.82) is 5.26 Å². The van der Waals surface area contributed by atoms with Crippen LogP contribution in [0.15, 0.2) is 0 Å². The molecule has 0 aromatic heterocycles. The molecule has 2 N–H and O–H groups in total. The third kappa shape index (κ3) is 3.62. The first kappa shape index (κ1) is 11.4. The molecule has 1 fully saturated rings. The highest BCUT2D eigenvalue weighted by Gasteiger charge is 2.26. The van der Waals surface area contributed by atoms with Crippen molar-refractivity contribution >= 4 is 0 Å². The maximum Gasteiger partial charge on any atom is 0.0940 e. The Hall–Kier alpha value is -0.630. The fraction of sp³-hybridized carbons (Fsp3) is 0.900. The van der Waals surface area contributed by atoms with E-state index in [1.807, 2.05) is 6.07 Å². The van der Waals surface area contributed by atoms with Crippen molar-refractivity contribution < 1.29 is 4.74 Å². The van der Waals surface area contributed by atoms with Crippen molar-refractivity contribution in [3.8, 4) is 6.07 Å². The number of morpholine rings is 1. The molecule has 0 radical (unpaired) electrons. The fourth-order valence-electron chi connectivity index (χ4n) is 1.69. The summed E-state index contributed by atoms with van der Waals surface area (Å²) in [6.07, 6.45) is 0.743. The van der Waals surface area contributed by atoms with Gasteiger partial charge in [-0.25, -0.2) is 0 Å². The minimum Gasteiger partial charge on any atom is -0.373 e. The van der Waals surface area contributed by atoms with Gasteiger partial charge in [0.2, 0.25) is 0 Å². The Bertz CT molecular complexity index is 222. The summed E-state index contributed by atoms with van der Waals surface area (Å²) in [6, 6.07) is 1.71. The Labute approximate surface area is 85.6 Å². The summed E-state index contributed by atoms with van der Waals surface area (Å²) >= 11 is 0. The van der Waals surface area contributed by atoms with Gasteiger partial charge in [0.1, 0.15) is 0 Å². The maximum atomic E-state index is 8.55. The van der Waals surface area contributed by atoms with E-state index >= 15 is 0 Å². The third-order valence-electron chi connectivity index (χ3n) is 2.43. The molecule has 0 aliphatic carbocycles. The zero-order valence-electron chi connectivity index (χ0n) is 8.99. The second-order valence-corrected chi connectivity index (χ2v) is 4.41. The van der Waals surface area contributed by atoms with Crippen LogP contribution in [0.3, 0.4) is 0 Å². The highest BCUT2D eigenvalue weighted by atomic mass is 16.5. The molecule has 0 aromatic rings. The van der Waals surface area contributed by atoms with Crippen molar-refractivity contribution in [3.05, 3.63) is 0 Å². The third-order valence-corrected chi connectivity index (χ3v) is 2.43. The monoisotopic (exact) mass is 197 g/mol. The van der Waals surface area contributed by atoms with Crippen LogP contribution in [0.2, 0.25) is 0 Å². The molecule has 4 heteroatoms. The molecule has 4 nitrogen and oxygen atoms in total. The second kappa shape index (κ2) is 4.74. The zero-order valence-corrected chi connectivity index (χ0v) is 8.99. The van der Waals surface area contributed by atoms with Crippen molar-refractivity contribution in [2.45, 2.75) is 31.9 Å². The quantitative estimate of drug-likeness (QED) is 0.708. The number of nitriles is 1. The molecule has 0 spiro atoms. The first-order valence-corrected chi connectivity index (χ1v) is 5.05. The number of ether oxygens (including phenoxy) is 1. The highest BCUT2D eigenvalue weighted by molar-refractivity contribution is 4.88. The van der Waals surface area contributed by atoms with Crippen LogP contribution in [0.1, 0.15) is 20.3 Å². The topological polar surface area (TPSA) is 62.3 Å². The van der Waals surface area contributed by atoms with Crippen molar-refractivity contribution in [2.75, 3.05) is 26.2 Å². The van der Waals surface area contributed by atoms with E-state index in [1.54, 1.807) is 0 Å². The van der Waals surface area contributed by atoms with E-state index in [1.165, 1.54) is 0 Å². The molecular formula is C10H19N3O. The first-order valence-electron chi connectivity index (χ1n) is 5.05. The number of hydrogen-bond acceptors (Lipinski definition) is 4. The summed E-state index contributed by atoms with van der Waals surface area (Å²) in [5.74, 6) is 0. The number of nitrogens with two attached hydrogens (primary N) is 1. The molecule has 14 heavy (non-hydrogen) atoms. The Balaban J connectivity index is 2.28. The molecule has 1 saturated heterocycles. The molecule has 1 aliphatic heterocycles. The fourth-order valence-corrected chi connectivity index (χ4v) is 1.69. The smallest absolute Gasteiger partial charge is 0.0940 e. The van der Waals surface area contributed by atoms with Gasteiger partial charge in [-0.1, -0.05) is 0 Å². The molecule has 1 aliphatic rings. The van der Waals surface area contributed by atoms with Crippen LogP contribution in [0.4, 0.5) is 0 Å². The summed E-state index contributed by atoms with van der Waals surface area (Å²) in [5, 5.41) is 8.55. The van der Waals surface area contributed by atoms with Gasteiger partial charge in [-0.05, 0) is 20.3 Å². The molecular weight excluding hydrogens is 178 g/mol. The first-order chi connectivity index (χ1) is 6.53. The molecule has 80 valence electrons. The van der Waals surface area contributed by atoms with Crippen LogP contribution in [-0.2, 0) is 4.74 Å². The summed E-state index contributed by atoms with van der Waals surface area (Å²) < 4.78 is 5.59. The molecule has 1 unspecified atom stereocenters. The molecule has 1 heterocycles. The van der Waals surface area contributed by atoms with Crippen molar-refractivity contribution in [1.82, 2.24) is 4.90 Å². The largest absolute Gasteiger partial charge is 0.373 e. The molecule has 1 rings (SSSR count). The van der Waals surface area contributed by atoms with Crippen molar-refractivity contribution in [3.63, 3.8) is 0 Å². The van der Waals surface area contributed by atoms with Gasteiger partial charge in [0.15, 0.2) is 0 Å². The average molecular weight is 197 g/mol. The van der Waals surface area contributed by atoms with E-state index in [9.17, 15) is 0 Å². The predicted octanol–water partition coefficient (Wildman–Crippen LogP) is 0.338. The predicted molar refractivity (Wildman–Crippen MR) is 54.7 cm³/mol. The number of rotatable bonds is 3. The summed E-state index contributed by atoms with van der Waals surface area (Å²) in [4.78, 5) is 2.31. The molecule has 0 aromatic carbocycles. The van der Waals surface area contributed by atoms with Crippen LogP contribution in [0.25, 0.3) is 0 Å². The van der Waals surface area contributed by atoms with Crippen LogP contribution in [0, 0.1) is 11.3 Å². The average Bonchev–Trinajstić information content (AvgIpc) is 2.12. The van der Waals surface area contributed by atoms with E-state index in [-0.39, 0.29) is 11.6 Å². The van der Waals surface area contributed by atoms with Gasteiger partial charge in [0, 0.05) is 19.6 Å². The maximum absolute atomic E-state index is 8.55. The number of hydrogen-bond donors (Lipinski definition) is 1. The van der Waals surface area contributed by atoms with Gasteiger partial charge in [-0.3, -0.25) is 4.90 Å². The zero-order chi connectivity index (χ0) is 10.6. The minimum atomic E-state index is -0.332. The van der Waals surface area contributed by atoms with E-state index in [2.05, 4.69) is 18.7 Å². The van der Waals surface area contributed by atoms with E-state index in [4.69, 9.17) is 15.7 Å². The lowest BCUT2D eigenvalue weighted by molar-refractivity contribution is -0.0861. The van der Waals surface area contributed by atoms with Gasteiger partial charge in [-0.2, -0.15) is 5.26 Å². The van der Waals surface area contributed by atoms with Gasteiger partial charge in [0.05, 0.1) is 24.3 Å². The Kier molecular flexibility index (Phi) is 3.87. The highest BCUT2D eigenvalue weighted by Crippen LogP contribution is 2.16. The lowest BCUT2D eigenvalue weighted by atomic mass is 10.1. The molecule has 0 bridgehead atoms. The van der Waals surface area contributed by atoms with Gasteiger partial charge < -0.3 is 10.5 Å². The Morgan fingerprint density at radius 2 is 2.36 bits per heavy atom. The van der Waals surface area contributed by atoms with Crippen LogP contribution in [-0.4, -0.2) is 42.8 Å². The SMILES string of the molecule is CC1(C)CN(CCC(N)C#N)CCO1. The summed E-state index contributed by atoms with van der Waals surface area (Å²) in [6.45, 7) is 7.70. The summed E-state index contributed by atoms with van der Waals surface area (Å²) in [7, 11) is 0. The molecule has 0 amide bonds. The standard InChI is InChI=1S/C10H19N3O/c1-10(2)8-13(5-6-14-10)4-3-9(12)7-11/h9H,3-6,8,12H2,1-2H3. The van der Waals surface area contributed by atoms with Crippen LogP contribution < -0.4 is 5.73 Å². The van der Waals surface area contributed by atoms with E-state index in [0.717, 1.165) is 32.7 Å². The van der Waals surface area contributed by atoms with Crippen LogP contribution in [0.5, 0.6) is 0 Å². The minimum absolute atomic E-state index is 0.0605. The lowest BCUT2D eigenvalue weighted by Gasteiger charge is -2.38. The van der Waals surface area contributed by atoms with E-state index < -0.39 is 0 Å². The van der Waals surface area contributed by atoms with Crippen molar-refractivity contribution in [2.24, 2.45) is 5.73 Å². The number of nitrogens with zero attached hydrogens (tertiary/aromatic N) is 2. The summed E-state index contributed by atoms with van der Waals surface area (Å²) in [5.41, 5.74) is 5.48. The Morgan fingerprint density at radius 1 is 1.64 bits per heavy atom. The Morgan fingerprint density at radius 3 is 2.93 bits per heavy atom. The van der Waals surface area contributed by atoms with Gasteiger partial charge in [-0.15, -0.1) is 0 Å². The van der Waals surface area contributed by atoms with Gasteiger partial charge >= 0.3 is 0 Å². The molecule has 0 saturated carbocycles.